The second-order valence-electron chi connectivity index (χ2n) is 3.80. The minimum absolute atomic E-state index is 0.0513. The second kappa shape index (κ2) is 4.36. The Balaban J connectivity index is 2.95. The fourth-order valence-corrected chi connectivity index (χ4v) is 1.48. The van der Waals surface area contributed by atoms with Gasteiger partial charge in [0.05, 0.1) is 0 Å². The molecule has 76 valence electrons. The van der Waals surface area contributed by atoms with Crippen LogP contribution >= 0.6 is 0 Å². The predicted octanol–water partition coefficient (Wildman–Crippen LogP) is 3.15. The largest absolute Gasteiger partial charge is 0.299 e. The van der Waals surface area contributed by atoms with E-state index in [-0.39, 0.29) is 23.4 Å². The van der Waals surface area contributed by atoms with Crippen molar-refractivity contribution in [3.05, 3.63) is 35.6 Å². The quantitative estimate of drug-likeness (QED) is 0.722. The Morgan fingerprint density at radius 1 is 1.21 bits per heavy atom. The van der Waals surface area contributed by atoms with E-state index in [1.165, 1.54) is 6.07 Å². The molecule has 1 atom stereocenters. The molecule has 0 heterocycles. The summed E-state index contributed by atoms with van der Waals surface area (Å²) in [6.07, 6.45) is 0. The molecule has 1 aromatic rings. The fourth-order valence-electron chi connectivity index (χ4n) is 1.48. The third-order valence-corrected chi connectivity index (χ3v) is 2.37. The van der Waals surface area contributed by atoms with Gasteiger partial charge < -0.3 is 0 Å². The average molecular weight is 194 g/mol. The number of hydrogen-bond donors (Lipinski definition) is 0. The summed E-state index contributed by atoms with van der Waals surface area (Å²) in [5.74, 6) is -0.620. The lowest BCUT2D eigenvalue weighted by Gasteiger charge is -2.13. The van der Waals surface area contributed by atoms with Crippen molar-refractivity contribution < 1.29 is 9.18 Å². The number of hydrogen-bond acceptors (Lipinski definition) is 1. The molecule has 0 radical (unpaired) electrons. The van der Waals surface area contributed by atoms with Crippen LogP contribution in [-0.4, -0.2) is 5.78 Å². The van der Waals surface area contributed by atoms with Crippen LogP contribution in [0.25, 0.3) is 0 Å². The van der Waals surface area contributed by atoms with Gasteiger partial charge in [-0.1, -0.05) is 39.0 Å². The van der Waals surface area contributed by atoms with Crippen molar-refractivity contribution in [2.45, 2.75) is 26.7 Å². The molecule has 0 aliphatic rings. The maximum atomic E-state index is 13.3. The summed E-state index contributed by atoms with van der Waals surface area (Å²) in [4.78, 5) is 11.6. The highest BCUT2D eigenvalue weighted by atomic mass is 19.1. The van der Waals surface area contributed by atoms with Crippen molar-refractivity contribution in [2.24, 2.45) is 5.92 Å². The molecule has 0 N–H and O–H groups in total. The highest BCUT2D eigenvalue weighted by Crippen LogP contribution is 2.22. The zero-order valence-corrected chi connectivity index (χ0v) is 8.75. The van der Waals surface area contributed by atoms with Gasteiger partial charge in [-0.2, -0.15) is 0 Å². The fraction of sp³-hybridized carbons (Fsp3) is 0.417. The van der Waals surface area contributed by atoms with Crippen LogP contribution in [-0.2, 0) is 4.79 Å². The molecule has 0 aliphatic heterocycles. The van der Waals surface area contributed by atoms with Crippen LogP contribution < -0.4 is 0 Å². The Hall–Kier alpha value is -1.18. The van der Waals surface area contributed by atoms with Gasteiger partial charge >= 0.3 is 0 Å². The first-order valence-corrected chi connectivity index (χ1v) is 4.82. The Bertz CT molecular complexity index is 331. The van der Waals surface area contributed by atoms with Gasteiger partial charge in [-0.3, -0.25) is 4.79 Å². The van der Waals surface area contributed by atoms with E-state index in [0.717, 1.165) is 0 Å². The van der Waals surface area contributed by atoms with E-state index in [1.54, 1.807) is 25.1 Å². The summed E-state index contributed by atoms with van der Waals surface area (Å²) in [5.41, 5.74) is 0.492. The first-order chi connectivity index (χ1) is 6.54. The molecule has 0 bridgehead atoms. The molecule has 0 saturated heterocycles. The van der Waals surface area contributed by atoms with Gasteiger partial charge in [-0.25, -0.2) is 4.39 Å². The van der Waals surface area contributed by atoms with Gasteiger partial charge in [0.15, 0.2) is 0 Å². The van der Waals surface area contributed by atoms with Crippen molar-refractivity contribution in [1.29, 1.82) is 0 Å². The number of rotatable bonds is 3. The Morgan fingerprint density at radius 3 is 2.29 bits per heavy atom. The summed E-state index contributed by atoms with van der Waals surface area (Å²) in [5, 5.41) is 0. The zero-order valence-electron chi connectivity index (χ0n) is 8.75. The van der Waals surface area contributed by atoms with Crippen LogP contribution in [0, 0.1) is 11.7 Å². The molecule has 0 amide bonds. The van der Waals surface area contributed by atoms with Crippen molar-refractivity contribution in [3.8, 4) is 0 Å². The number of carbonyl (C=O) groups is 1. The van der Waals surface area contributed by atoms with Crippen LogP contribution in [0.1, 0.15) is 32.3 Å². The van der Waals surface area contributed by atoms with Gasteiger partial charge in [0, 0.05) is 11.8 Å². The van der Waals surface area contributed by atoms with E-state index >= 15 is 0 Å². The summed E-state index contributed by atoms with van der Waals surface area (Å²) < 4.78 is 13.3. The molecule has 1 nitrogen and oxygen atoms in total. The highest BCUT2D eigenvalue weighted by Gasteiger charge is 2.20. The first kappa shape index (κ1) is 10.9. The molecule has 14 heavy (non-hydrogen) atoms. The van der Waals surface area contributed by atoms with Crippen molar-refractivity contribution in [1.82, 2.24) is 0 Å². The molecule has 0 saturated carbocycles. The SMILES string of the molecule is CC(C)C(=O)C(C)c1ccccc1F. The van der Waals surface area contributed by atoms with Crippen LogP contribution in [0.15, 0.2) is 24.3 Å². The van der Waals surface area contributed by atoms with Crippen molar-refractivity contribution in [3.63, 3.8) is 0 Å². The van der Waals surface area contributed by atoms with Gasteiger partial charge in [-0.05, 0) is 11.6 Å². The monoisotopic (exact) mass is 194 g/mol. The third-order valence-electron chi connectivity index (χ3n) is 2.37. The van der Waals surface area contributed by atoms with Gasteiger partial charge in [0.1, 0.15) is 11.6 Å². The summed E-state index contributed by atoms with van der Waals surface area (Å²) >= 11 is 0. The maximum Gasteiger partial charge on any atom is 0.142 e. The number of carbonyl (C=O) groups excluding carboxylic acids is 1. The Labute approximate surface area is 83.9 Å². The normalized spacial score (nSPS) is 12.9. The molecular weight excluding hydrogens is 179 g/mol. The summed E-state index contributed by atoms with van der Waals surface area (Å²) in [7, 11) is 0. The Kier molecular flexibility index (Phi) is 3.39. The maximum absolute atomic E-state index is 13.3. The van der Waals surface area contributed by atoms with E-state index in [9.17, 15) is 9.18 Å². The second-order valence-corrected chi connectivity index (χ2v) is 3.80. The standard InChI is InChI=1S/C12H15FO/c1-8(2)12(14)9(3)10-6-4-5-7-11(10)13/h4-9H,1-3H3. The molecule has 0 aromatic heterocycles. The molecule has 2 heteroatoms. The zero-order chi connectivity index (χ0) is 10.7. The van der Waals surface area contributed by atoms with E-state index in [1.807, 2.05) is 13.8 Å². The van der Waals surface area contributed by atoms with Crippen LogP contribution in [0.4, 0.5) is 4.39 Å². The lowest BCUT2D eigenvalue weighted by Crippen LogP contribution is -2.16. The molecule has 1 aromatic carbocycles. The minimum atomic E-state index is -0.351. The number of benzene rings is 1. The molecule has 0 fully saturated rings. The van der Waals surface area contributed by atoms with E-state index in [0.29, 0.717) is 5.56 Å². The highest BCUT2D eigenvalue weighted by molar-refractivity contribution is 5.86. The molecule has 0 spiro atoms. The van der Waals surface area contributed by atoms with Crippen molar-refractivity contribution >= 4 is 5.78 Å². The van der Waals surface area contributed by atoms with Crippen LogP contribution in [0.3, 0.4) is 0 Å². The lowest BCUT2D eigenvalue weighted by atomic mass is 9.90. The van der Waals surface area contributed by atoms with E-state index in [2.05, 4.69) is 0 Å². The third kappa shape index (κ3) is 2.19. The lowest BCUT2D eigenvalue weighted by molar-refractivity contribution is -0.123. The summed E-state index contributed by atoms with van der Waals surface area (Å²) in [6, 6.07) is 6.44. The molecular formula is C12H15FO. The van der Waals surface area contributed by atoms with Crippen molar-refractivity contribution in [2.75, 3.05) is 0 Å². The Morgan fingerprint density at radius 2 is 1.79 bits per heavy atom. The number of ketones is 1. The summed E-state index contributed by atoms with van der Waals surface area (Å²) in [6.45, 7) is 5.42. The van der Waals surface area contributed by atoms with Gasteiger partial charge in [-0.15, -0.1) is 0 Å². The predicted molar refractivity (Wildman–Crippen MR) is 54.7 cm³/mol. The topological polar surface area (TPSA) is 17.1 Å². The minimum Gasteiger partial charge on any atom is -0.299 e. The van der Waals surface area contributed by atoms with Gasteiger partial charge in [0.2, 0.25) is 0 Å². The van der Waals surface area contributed by atoms with Crippen LogP contribution in [0.5, 0.6) is 0 Å². The molecule has 1 rings (SSSR count). The average Bonchev–Trinajstić information content (AvgIpc) is 2.16. The van der Waals surface area contributed by atoms with E-state index in [4.69, 9.17) is 0 Å². The molecule has 0 aliphatic carbocycles. The van der Waals surface area contributed by atoms with E-state index < -0.39 is 0 Å². The van der Waals surface area contributed by atoms with Gasteiger partial charge in [0.25, 0.3) is 0 Å². The number of Topliss-reactive ketones (excluding diaryl/α,β-unsaturated/α-hetero) is 1. The van der Waals surface area contributed by atoms with Crippen LogP contribution in [0.2, 0.25) is 0 Å². The first-order valence-electron chi connectivity index (χ1n) is 4.82. The molecule has 1 unspecified atom stereocenters. The number of halogens is 1. The smallest absolute Gasteiger partial charge is 0.142 e.